The van der Waals surface area contributed by atoms with Gasteiger partial charge in [-0.15, -0.1) is 10.2 Å². The van der Waals surface area contributed by atoms with Gasteiger partial charge in [0.1, 0.15) is 16.6 Å². The number of nitrogens with zero attached hydrogens (tertiary/aromatic N) is 3. The van der Waals surface area contributed by atoms with Crippen molar-refractivity contribution in [3.63, 3.8) is 0 Å². The molecule has 0 fully saturated rings. The fraction of sp³-hybridized carbons (Fsp3) is 0.304. The van der Waals surface area contributed by atoms with E-state index in [1.165, 1.54) is 17.0 Å². The molecule has 1 aromatic heterocycles. The average molecular weight is 547 g/mol. The van der Waals surface area contributed by atoms with Crippen LogP contribution in [0, 0.1) is 11.7 Å². The van der Waals surface area contributed by atoms with Crippen molar-refractivity contribution < 1.29 is 22.3 Å². The van der Waals surface area contributed by atoms with Gasteiger partial charge in [0.05, 0.1) is 21.3 Å². The van der Waals surface area contributed by atoms with Crippen LogP contribution in [0.5, 0.6) is 5.75 Å². The first-order chi connectivity index (χ1) is 16.4. The standard InChI is InChI=1S/C23H20Cl2F4N4OS/c1-11-3-4-19-17(25)5-13(23(27,28)29)8-33(19)9-15(11)22-32-31-21(35-22)14-6-18(26)20(7-16(14)24)34-10-12(2)30/h4-9,11-12H,3,10,30H2,1-2H3. The lowest BCUT2D eigenvalue weighted by atomic mass is 9.99. The van der Waals surface area contributed by atoms with Crippen molar-refractivity contribution in [1.29, 1.82) is 0 Å². The van der Waals surface area contributed by atoms with Crippen LogP contribution >= 0.6 is 34.5 Å². The van der Waals surface area contributed by atoms with E-state index >= 15 is 0 Å². The maximum absolute atomic E-state index is 14.6. The van der Waals surface area contributed by atoms with Crippen molar-refractivity contribution >= 4 is 40.1 Å². The van der Waals surface area contributed by atoms with Crippen LogP contribution in [0.4, 0.5) is 17.6 Å². The minimum absolute atomic E-state index is 0.00364. The molecule has 12 heteroatoms. The number of ether oxygens (including phenoxy) is 1. The first kappa shape index (κ1) is 25.7. The Kier molecular flexibility index (Phi) is 7.28. The smallest absolute Gasteiger partial charge is 0.417 e. The molecule has 0 saturated heterocycles. The third-order valence-electron chi connectivity index (χ3n) is 5.31. The van der Waals surface area contributed by atoms with Gasteiger partial charge in [-0.25, -0.2) is 4.39 Å². The Morgan fingerprint density at radius 3 is 2.63 bits per heavy atom. The zero-order valence-electron chi connectivity index (χ0n) is 18.5. The second-order valence-corrected chi connectivity index (χ2v) is 10.0. The van der Waals surface area contributed by atoms with Gasteiger partial charge in [-0.05, 0) is 31.4 Å². The minimum Gasteiger partial charge on any atom is -0.489 e. The zero-order valence-corrected chi connectivity index (χ0v) is 20.9. The van der Waals surface area contributed by atoms with Gasteiger partial charge in [0, 0.05) is 35.6 Å². The van der Waals surface area contributed by atoms with E-state index in [9.17, 15) is 17.6 Å². The van der Waals surface area contributed by atoms with Crippen LogP contribution in [0.2, 0.25) is 5.02 Å². The van der Waals surface area contributed by atoms with Crippen LogP contribution in [0.1, 0.15) is 25.3 Å². The van der Waals surface area contributed by atoms with Crippen molar-refractivity contribution in [1.82, 2.24) is 15.1 Å². The van der Waals surface area contributed by atoms with Crippen molar-refractivity contribution in [3.8, 4) is 16.3 Å². The van der Waals surface area contributed by atoms with E-state index in [1.54, 1.807) is 19.2 Å². The molecule has 0 aliphatic carbocycles. The number of rotatable bonds is 5. The molecule has 2 aliphatic rings. The van der Waals surface area contributed by atoms with Gasteiger partial charge >= 0.3 is 6.18 Å². The molecule has 2 aliphatic heterocycles. The molecule has 2 unspecified atom stereocenters. The van der Waals surface area contributed by atoms with Crippen molar-refractivity contribution in [2.75, 3.05) is 6.61 Å². The molecule has 186 valence electrons. The molecule has 4 rings (SSSR count). The summed E-state index contributed by atoms with van der Waals surface area (Å²) in [7, 11) is 0. The van der Waals surface area contributed by atoms with Gasteiger partial charge in [-0.1, -0.05) is 47.5 Å². The average Bonchev–Trinajstić information content (AvgIpc) is 3.18. The number of halogens is 6. The highest BCUT2D eigenvalue weighted by molar-refractivity contribution is 7.15. The number of fused-ring (bicyclic) bond motifs is 1. The maximum atomic E-state index is 14.6. The molecule has 0 spiro atoms. The second kappa shape index (κ2) is 9.93. The van der Waals surface area contributed by atoms with Crippen LogP contribution in [-0.4, -0.2) is 33.9 Å². The van der Waals surface area contributed by atoms with Crippen LogP contribution in [0.3, 0.4) is 0 Å². The molecule has 35 heavy (non-hydrogen) atoms. The SMILES string of the molecule is CC(N)COc1cc(Cl)c(-c2nnc(C3=CN4C=C(C(F)(F)F)C=C(Cl)C4=CCC3C)s2)cc1F. The van der Waals surface area contributed by atoms with Crippen LogP contribution in [0.25, 0.3) is 16.1 Å². The van der Waals surface area contributed by atoms with E-state index in [0.717, 1.165) is 23.6 Å². The summed E-state index contributed by atoms with van der Waals surface area (Å²) in [5, 5.41) is 9.41. The van der Waals surface area contributed by atoms with Crippen molar-refractivity contribution in [3.05, 3.63) is 68.8 Å². The van der Waals surface area contributed by atoms with Crippen LogP contribution < -0.4 is 10.5 Å². The number of hydrogen-bond acceptors (Lipinski definition) is 6. The Hall–Kier alpha value is -2.40. The predicted octanol–water partition coefficient (Wildman–Crippen LogP) is 6.87. The van der Waals surface area contributed by atoms with Gasteiger partial charge in [0.2, 0.25) is 0 Å². The molecule has 5 nitrogen and oxygen atoms in total. The van der Waals surface area contributed by atoms with E-state index in [1.807, 2.05) is 6.92 Å². The fourth-order valence-corrected chi connectivity index (χ4v) is 5.08. The number of allylic oxidation sites excluding steroid dienone is 5. The summed E-state index contributed by atoms with van der Waals surface area (Å²) < 4.78 is 59.9. The zero-order chi connectivity index (χ0) is 25.5. The van der Waals surface area contributed by atoms with Gasteiger partial charge in [0.15, 0.2) is 11.6 Å². The molecule has 0 saturated carbocycles. The molecule has 0 bridgehead atoms. The van der Waals surface area contributed by atoms with Gasteiger partial charge < -0.3 is 15.4 Å². The molecule has 0 amide bonds. The Morgan fingerprint density at radius 2 is 1.94 bits per heavy atom. The topological polar surface area (TPSA) is 64.3 Å². The van der Waals surface area contributed by atoms with Crippen molar-refractivity contribution in [2.45, 2.75) is 32.5 Å². The summed E-state index contributed by atoms with van der Waals surface area (Å²) in [6, 6.07) is 2.28. The number of alkyl halides is 3. The highest BCUT2D eigenvalue weighted by Gasteiger charge is 2.36. The van der Waals surface area contributed by atoms with E-state index < -0.39 is 17.6 Å². The summed E-state index contributed by atoms with van der Waals surface area (Å²) in [5.41, 5.74) is 6.22. The molecule has 3 heterocycles. The maximum Gasteiger partial charge on any atom is 0.417 e. The summed E-state index contributed by atoms with van der Waals surface area (Å²) in [6.45, 7) is 3.77. The number of benzene rings is 1. The third-order valence-corrected chi connectivity index (χ3v) is 6.93. The molecule has 2 atom stereocenters. The highest BCUT2D eigenvalue weighted by atomic mass is 35.5. The summed E-state index contributed by atoms with van der Waals surface area (Å²) in [4.78, 5) is 1.35. The van der Waals surface area contributed by atoms with Crippen molar-refractivity contribution in [2.24, 2.45) is 11.7 Å². The highest BCUT2D eigenvalue weighted by Crippen LogP contribution is 2.42. The quantitative estimate of drug-likeness (QED) is 0.414. The second-order valence-electron chi connectivity index (χ2n) is 8.26. The van der Waals surface area contributed by atoms with Gasteiger partial charge in [-0.2, -0.15) is 13.2 Å². The first-order valence-corrected chi connectivity index (χ1v) is 12.1. The van der Waals surface area contributed by atoms with Gasteiger partial charge in [-0.3, -0.25) is 0 Å². The Labute approximate surface area is 213 Å². The number of aromatic nitrogens is 2. The molecular weight excluding hydrogens is 527 g/mol. The van der Waals surface area contributed by atoms with Gasteiger partial charge in [0.25, 0.3) is 0 Å². The largest absolute Gasteiger partial charge is 0.489 e. The van der Waals surface area contributed by atoms with E-state index in [2.05, 4.69) is 10.2 Å². The summed E-state index contributed by atoms with van der Waals surface area (Å²) in [6.07, 6.45) is 1.23. The third kappa shape index (κ3) is 5.55. The molecule has 2 N–H and O–H groups in total. The minimum atomic E-state index is -4.55. The van der Waals surface area contributed by atoms with Crippen LogP contribution in [0.15, 0.2) is 53.0 Å². The molecule has 2 aromatic rings. The number of nitrogens with two attached hydrogens (primary N) is 1. The normalized spacial score (nSPS) is 19.2. The lowest BCUT2D eigenvalue weighted by Crippen LogP contribution is -2.23. The Balaban J connectivity index is 1.67. The van der Waals surface area contributed by atoms with E-state index in [4.69, 9.17) is 33.7 Å². The Morgan fingerprint density at radius 1 is 1.23 bits per heavy atom. The lowest BCUT2D eigenvalue weighted by Gasteiger charge is -2.25. The fourth-order valence-electron chi connectivity index (χ4n) is 3.49. The Bertz CT molecular complexity index is 1270. The van der Waals surface area contributed by atoms with E-state index in [-0.39, 0.29) is 34.4 Å². The van der Waals surface area contributed by atoms with Crippen LogP contribution in [-0.2, 0) is 0 Å². The lowest BCUT2D eigenvalue weighted by molar-refractivity contribution is -0.0892. The molecule has 1 aromatic carbocycles. The summed E-state index contributed by atoms with van der Waals surface area (Å²) in [5.74, 6) is -0.749. The van der Waals surface area contributed by atoms with E-state index in [0.29, 0.717) is 33.3 Å². The molecule has 0 radical (unpaired) electrons. The molecular formula is C23H20Cl2F4N4OS. The monoisotopic (exact) mass is 546 g/mol. The predicted molar refractivity (Wildman–Crippen MR) is 129 cm³/mol. The summed E-state index contributed by atoms with van der Waals surface area (Å²) >= 11 is 13.7. The first-order valence-electron chi connectivity index (χ1n) is 10.5. The number of hydrogen-bond donors (Lipinski definition) is 1.